The Balaban J connectivity index is 1.37. The molecule has 0 radical (unpaired) electrons. The van der Waals surface area contributed by atoms with E-state index in [1.807, 2.05) is 13.8 Å². The number of anilines is 2. The summed E-state index contributed by atoms with van der Waals surface area (Å²) in [7, 11) is -3.67. The number of carbonyl (C=O) groups is 4. The number of amides is 4. The van der Waals surface area contributed by atoms with Crippen LogP contribution in [0.3, 0.4) is 0 Å². The molecule has 0 aliphatic rings. The van der Waals surface area contributed by atoms with Crippen molar-refractivity contribution < 1.29 is 36.5 Å². The second-order valence-electron chi connectivity index (χ2n) is 13.3. The van der Waals surface area contributed by atoms with Crippen molar-refractivity contribution in [1.82, 2.24) is 43.6 Å². The molecule has 0 aliphatic carbocycles. The number of primary amides is 2. The Morgan fingerprint density at radius 1 is 0.763 bits per heavy atom. The molecule has 4 amide bonds. The summed E-state index contributed by atoms with van der Waals surface area (Å²) in [5.41, 5.74) is 14.6. The van der Waals surface area contributed by atoms with Crippen molar-refractivity contribution in [2.45, 2.75) is 60.3 Å². The molecule has 0 saturated heterocycles. The van der Waals surface area contributed by atoms with E-state index in [1.54, 1.807) is 56.6 Å². The van der Waals surface area contributed by atoms with E-state index >= 15 is 0 Å². The molecular weight excluding hydrogens is 787 g/mol. The average Bonchev–Trinajstić information content (AvgIpc) is 3.94. The topological polar surface area (TPSA) is 281 Å². The number of allylic oxidation sites excluding steroid dienone is 2. The quantitative estimate of drug-likeness (QED) is 0.0551. The number of nitrogens with one attached hydrogen (secondary N) is 2. The molecule has 310 valence electrons. The predicted octanol–water partition coefficient (Wildman–Crippen LogP) is 2.53. The fraction of sp³-hybridized carbons (Fsp3) is 0.324. The number of pyridine rings is 1. The number of hydrogen-bond donors (Lipinski definition) is 4. The highest BCUT2D eigenvalue weighted by Gasteiger charge is 2.23. The summed E-state index contributed by atoms with van der Waals surface area (Å²) in [6.07, 6.45) is 5.99. The summed E-state index contributed by atoms with van der Waals surface area (Å²) in [6, 6.07) is 7.70. The number of aryl methyl sites for hydroxylation is 4. The van der Waals surface area contributed by atoms with E-state index in [4.69, 9.17) is 20.4 Å². The van der Waals surface area contributed by atoms with Gasteiger partial charge in [-0.25, -0.2) is 15.0 Å². The van der Waals surface area contributed by atoms with Crippen molar-refractivity contribution in [3.63, 3.8) is 0 Å². The molecule has 5 heterocycles. The van der Waals surface area contributed by atoms with Gasteiger partial charge in [0.1, 0.15) is 28.2 Å². The second-order valence-corrected chi connectivity index (χ2v) is 15.0. The Bertz CT molecular complexity index is 2740. The number of aromatic nitrogens is 9. The van der Waals surface area contributed by atoms with Gasteiger partial charge < -0.3 is 20.8 Å². The molecule has 0 atom stereocenters. The van der Waals surface area contributed by atoms with Crippen LogP contribution in [0.1, 0.15) is 73.3 Å². The molecule has 0 aliphatic heterocycles. The molecule has 0 unspecified atom stereocenters. The molecular formula is C37H43N13O8S. The average molecular weight is 830 g/mol. The zero-order chi connectivity index (χ0) is 42.6. The monoisotopic (exact) mass is 829 g/mol. The maximum atomic E-state index is 13.7. The lowest BCUT2D eigenvalue weighted by Gasteiger charge is -2.13. The molecule has 22 heteroatoms. The van der Waals surface area contributed by atoms with Gasteiger partial charge in [0.15, 0.2) is 5.65 Å². The molecule has 0 spiro atoms. The zero-order valence-corrected chi connectivity index (χ0v) is 33.7. The summed E-state index contributed by atoms with van der Waals surface area (Å²) < 4.78 is 40.3. The SMILES string of the molecule is CCn1nc(C)cc1C(=O)Nc1nc2cc(C(N)=O)cnc2n1C/C=C/Cn1c(NC(=O)c2cc(C)nn2CC)nc2cc(C(N)=O)cc(OCCCOS(C)(=O)=O)c21. The summed E-state index contributed by atoms with van der Waals surface area (Å²) in [4.78, 5) is 65.1. The van der Waals surface area contributed by atoms with Crippen LogP contribution in [0, 0.1) is 13.8 Å². The van der Waals surface area contributed by atoms with Crippen LogP contribution in [0.25, 0.3) is 22.2 Å². The first kappa shape index (κ1) is 41.7. The van der Waals surface area contributed by atoms with E-state index in [-0.39, 0.29) is 67.0 Å². The molecule has 5 aromatic heterocycles. The van der Waals surface area contributed by atoms with Crippen LogP contribution >= 0.6 is 0 Å². The van der Waals surface area contributed by atoms with Crippen LogP contribution in [-0.4, -0.2) is 95.2 Å². The number of fused-ring (bicyclic) bond motifs is 2. The van der Waals surface area contributed by atoms with Crippen molar-refractivity contribution >= 4 is 67.8 Å². The van der Waals surface area contributed by atoms with E-state index < -0.39 is 33.7 Å². The van der Waals surface area contributed by atoms with Gasteiger partial charge in [-0.05, 0) is 58.0 Å². The molecule has 21 nitrogen and oxygen atoms in total. The molecule has 6 aromatic rings. The van der Waals surface area contributed by atoms with Gasteiger partial charge in [0.25, 0.3) is 21.9 Å². The Labute approximate surface area is 337 Å². The number of imidazole rings is 2. The van der Waals surface area contributed by atoms with Crippen molar-refractivity contribution in [3.8, 4) is 5.75 Å². The van der Waals surface area contributed by atoms with Gasteiger partial charge in [0, 0.05) is 44.4 Å². The minimum Gasteiger partial charge on any atom is -0.491 e. The van der Waals surface area contributed by atoms with Gasteiger partial charge in [-0.3, -0.25) is 47.9 Å². The predicted molar refractivity (Wildman–Crippen MR) is 216 cm³/mol. The van der Waals surface area contributed by atoms with Crippen molar-refractivity contribution in [2.75, 3.05) is 30.1 Å². The van der Waals surface area contributed by atoms with Crippen LogP contribution in [0.4, 0.5) is 11.9 Å². The third kappa shape index (κ3) is 9.45. The highest BCUT2D eigenvalue weighted by atomic mass is 32.2. The van der Waals surface area contributed by atoms with Crippen LogP contribution in [0.5, 0.6) is 5.75 Å². The summed E-state index contributed by atoms with van der Waals surface area (Å²) >= 11 is 0. The Kier molecular flexibility index (Phi) is 12.2. The first-order valence-electron chi connectivity index (χ1n) is 18.4. The zero-order valence-electron chi connectivity index (χ0n) is 32.9. The number of ether oxygens (including phenoxy) is 1. The number of rotatable bonds is 18. The van der Waals surface area contributed by atoms with E-state index in [2.05, 4.69) is 35.8 Å². The number of nitrogens with two attached hydrogens (primary N) is 2. The fourth-order valence-electron chi connectivity index (χ4n) is 6.25. The first-order valence-corrected chi connectivity index (χ1v) is 20.2. The third-order valence-electron chi connectivity index (χ3n) is 8.87. The lowest BCUT2D eigenvalue weighted by atomic mass is 10.1. The standard InChI is InChI=1S/C37H43N13O8S/c1-6-49-27(15-21(3)45-49)34(53)43-36-41-25-17-23(31(38)51)19-29(57-13-10-14-58-59(5,55)56)30(25)47(36)11-8-9-12-48-33-26(18-24(20-40-33)32(39)52)42-37(48)44-35(54)28-16-22(4)46-50(28)7-2/h8-9,15-20H,6-7,10-14H2,1-5H3,(H2,38,51)(H2,39,52)(H,41,43,53)(H,42,44,54)/b9-8+. The van der Waals surface area contributed by atoms with Gasteiger partial charge >= 0.3 is 0 Å². The molecule has 6 rings (SSSR count). The van der Waals surface area contributed by atoms with Crippen LogP contribution < -0.4 is 26.8 Å². The van der Waals surface area contributed by atoms with E-state index in [0.29, 0.717) is 52.5 Å². The van der Waals surface area contributed by atoms with E-state index in [9.17, 15) is 27.6 Å². The first-order chi connectivity index (χ1) is 28.1. The van der Waals surface area contributed by atoms with Crippen LogP contribution in [-0.2, 0) is 40.5 Å². The summed E-state index contributed by atoms with van der Waals surface area (Å²) in [5.74, 6) is -1.96. The second kappa shape index (κ2) is 17.3. The molecule has 0 bridgehead atoms. The van der Waals surface area contributed by atoms with Crippen molar-refractivity contribution in [3.05, 3.63) is 82.6 Å². The minimum atomic E-state index is -3.67. The summed E-state index contributed by atoms with van der Waals surface area (Å²) in [5, 5.41) is 14.4. The molecule has 1 aromatic carbocycles. The molecule has 6 N–H and O–H groups in total. The Hall–Kier alpha value is -6.94. The number of carbonyl (C=O) groups excluding carboxylic acids is 4. The maximum Gasteiger partial charge on any atom is 0.276 e. The highest BCUT2D eigenvalue weighted by molar-refractivity contribution is 7.85. The lowest BCUT2D eigenvalue weighted by Crippen LogP contribution is -2.20. The van der Waals surface area contributed by atoms with Crippen molar-refractivity contribution in [2.24, 2.45) is 11.5 Å². The number of hydrogen-bond acceptors (Lipinski definition) is 13. The third-order valence-corrected chi connectivity index (χ3v) is 9.46. The van der Waals surface area contributed by atoms with Crippen LogP contribution in [0.15, 0.2) is 48.7 Å². The van der Waals surface area contributed by atoms with Crippen molar-refractivity contribution in [1.29, 1.82) is 0 Å². The Morgan fingerprint density at radius 3 is 1.86 bits per heavy atom. The number of benzene rings is 1. The lowest BCUT2D eigenvalue weighted by molar-refractivity contribution is 0.0991. The smallest absolute Gasteiger partial charge is 0.276 e. The minimum absolute atomic E-state index is 0.00418. The highest BCUT2D eigenvalue weighted by Crippen LogP contribution is 2.32. The summed E-state index contributed by atoms with van der Waals surface area (Å²) in [6.45, 7) is 8.23. The van der Waals surface area contributed by atoms with Crippen LogP contribution in [0.2, 0.25) is 0 Å². The molecule has 0 fully saturated rings. The maximum absolute atomic E-state index is 13.7. The normalized spacial score (nSPS) is 11.8. The number of nitrogens with zero attached hydrogens (tertiary/aromatic N) is 9. The van der Waals surface area contributed by atoms with Gasteiger partial charge in [0.2, 0.25) is 23.7 Å². The van der Waals surface area contributed by atoms with Gasteiger partial charge in [-0.15, -0.1) is 0 Å². The van der Waals surface area contributed by atoms with Gasteiger partial charge in [0.05, 0.1) is 41.9 Å². The van der Waals surface area contributed by atoms with Gasteiger partial charge in [-0.1, -0.05) is 12.2 Å². The van der Waals surface area contributed by atoms with E-state index in [1.165, 1.54) is 24.4 Å². The fourth-order valence-corrected chi connectivity index (χ4v) is 6.67. The van der Waals surface area contributed by atoms with E-state index in [0.717, 1.165) is 6.26 Å². The van der Waals surface area contributed by atoms with Gasteiger partial charge in [-0.2, -0.15) is 18.6 Å². The molecule has 59 heavy (non-hydrogen) atoms. The largest absolute Gasteiger partial charge is 0.491 e. The Morgan fingerprint density at radius 2 is 1.31 bits per heavy atom. The molecule has 0 saturated carbocycles.